The molecule has 1 unspecified atom stereocenters. The van der Waals surface area contributed by atoms with Crippen LogP contribution in [0.15, 0.2) is 12.4 Å². The van der Waals surface area contributed by atoms with Gasteiger partial charge in [0.15, 0.2) is 0 Å². The van der Waals surface area contributed by atoms with E-state index in [1.165, 1.54) is 0 Å². The van der Waals surface area contributed by atoms with E-state index in [-0.39, 0.29) is 23.8 Å². The summed E-state index contributed by atoms with van der Waals surface area (Å²) in [6.07, 6.45) is 3.66. The highest BCUT2D eigenvalue weighted by molar-refractivity contribution is 5.89. The number of H-pyrrole nitrogens is 1. The molecule has 2 heterocycles. The third-order valence-electron chi connectivity index (χ3n) is 3.14. The first kappa shape index (κ1) is 12.6. The van der Waals surface area contributed by atoms with Crippen LogP contribution in [0, 0.1) is 5.92 Å². The first-order chi connectivity index (χ1) is 8.58. The van der Waals surface area contributed by atoms with E-state index < -0.39 is 0 Å². The fraction of sp³-hybridized carbons (Fsp3) is 0.583. The molecule has 6 nitrogen and oxygen atoms in total. The lowest BCUT2D eigenvalue weighted by Gasteiger charge is -2.20. The van der Waals surface area contributed by atoms with E-state index in [2.05, 4.69) is 15.3 Å². The zero-order chi connectivity index (χ0) is 13.1. The maximum absolute atomic E-state index is 11.9. The Balaban J connectivity index is 1.85. The van der Waals surface area contributed by atoms with Crippen molar-refractivity contribution in [1.82, 2.24) is 20.2 Å². The molecule has 1 saturated heterocycles. The molecule has 0 bridgehead atoms. The van der Waals surface area contributed by atoms with E-state index >= 15 is 0 Å². The van der Waals surface area contributed by atoms with Crippen LogP contribution >= 0.6 is 0 Å². The van der Waals surface area contributed by atoms with Gasteiger partial charge in [-0.3, -0.25) is 9.59 Å². The predicted octanol–water partition coefficient (Wildman–Crippen LogP) is 0.283. The first-order valence-corrected chi connectivity index (χ1v) is 6.13. The van der Waals surface area contributed by atoms with Crippen molar-refractivity contribution in [3.8, 4) is 0 Å². The zero-order valence-electron chi connectivity index (χ0n) is 10.6. The Labute approximate surface area is 106 Å². The molecule has 0 spiro atoms. The summed E-state index contributed by atoms with van der Waals surface area (Å²) in [4.78, 5) is 32.3. The number of carbonyl (C=O) groups excluding carboxylic acids is 2. The fourth-order valence-electron chi connectivity index (χ4n) is 2.12. The van der Waals surface area contributed by atoms with Crippen LogP contribution in [0.1, 0.15) is 26.1 Å². The Morgan fingerprint density at radius 1 is 1.67 bits per heavy atom. The van der Waals surface area contributed by atoms with Crippen LogP contribution < -0.4 is 5.32 Å². The largest absolute Gasteiger partial charge is 0.349 e. The number of rotatable bonds is 4. The summed E-state index contributed by atoms with van der Waals surface area (Å²) in [5, 5.41) is 2.80. The lowest BCUT2D eigenvalue weighted by atomic mass is 10.1. The molecule has 2 N–H and O–H groups in total. The average Bonchev–Trinajstić information content (AvgIpc) is 2.94. The number of aromatic nitrogens is 2. The summed E-state index contributed by atoms with van der Waals surface area (Å²) < 4.78 is 0. The van der Waals surface area contributed by atoms with Gasteiger partial charge in [-0.2, -0.15) is 0 Å². The Morgan fingerprint density at radius 2 is 2.44 bits per heavy atom. The second-order valence-electron chi connectivity index (χ2n) is 4.79. The van der Waals surface area contributed by atoms with E-state index in [4.69, 9.17) is 0 Å². The van der Waals surface area contributed by atoms with Gasteiger partial charge < -0.3 is 15.2 Å². The summed E-state index contributed by atoms with van der Waals surface area (Å²) in [6.45, 7) is 4.81. The fourth-order valence-corrected chi connectivity index (χ4v) is 2.12. The molecule has 1 atom stereocenters. The molecular formula is C12H18N4O2. The van der Waals surface area contributed by atoms with E-state index in [0.717, 1.165) is 0 Å². The monoisotopic (exact) mass is 250 g/mol. The summed E-state index contributed by atoms with van der Waals surface area (Å²) in [7, 11) is 0. The molecule has 98 valence electrons. The first-order valence-electron chi connectivity index (χ1n) is 6.13. The van der Waals surface area contributed by atoms with Crippen molar-refractivity contribution in [3.63, 3.8) is 0 Å². The van der Waals surface area contributed by atoms with Gasteiger partial charge >= 0.3 is 0 Å². The van der Waals surface area contributed by atoms with Crippen LogP contribution in [0.5, 0.6) is 0 Å². The average molecular weight is 250 g/mol. The third kappa shape index (κ3) is 2.69. The minimum Gasteiger partial charge on any atom is -0.349 e. The number of likely N-dealkylation sites (tertiary alicyclic amines) is 1. The minimum absolute atomic E-state index is 0.0585. The SMILES string of the molecule is CC(C)N1CC(C(=O)NCc2ncc[nH]2)CC1=O. The summed E-state index contributed by atoms with van der Waals surface area (Å²) in [5.74, 6) is 0.453. The second kappa shape index (κ2) is 5.20. The van der Waals surface area contributed by atoms with Crippen LogP contribution in [0.3, 0.4) is 0 Å². The van der Waals surface area contributed by atoms with Gasteiger partial charge in [0.25, 0.3) is 0 Å². The second-order valence-corrected chi connectivity index (χ2v) is 4.79. The van der Waals surface area contributed by atoms with Crippen molar-refractivity contribution in [2.24, 2.45) is 5.92 Å². The molecule has 0 saturated carbocycles. The predicted molar refractivity (Wildman–Crippen MR) is 65.4 cm³/mol. The summed E-state index contributed by atoms with van der Waals surface area (Å²) in [5.41, 5.74) is 0. The van der Waals surface area contributed by atoms with Gasteiger partial charge in [-0.05, 0) is 13.8 Å². The smallest absolute Gasteiger partial charge is 0.225 e. The molecule has 1 aliphatic rings. The number of amides is 2. The van der Waals surface area contributed by atoms with Crippen LogP contribution in [0.4, 0.5) is 0 Å². The zero-order valence-corrected chi connectivity index (χ0v) is 10.6. The molecule has 0 aromatic carbocycles. The van der Waals surface area contributed by atoms with Crippen LogP contribution in [0.25, 0.3) is 0 Å². The topological polar surface area (TPSA) is 78.1 Å². The molecule has 1 aromatic rings. The van der Waals surface area contributed by atoms with Crippen molar-refractivity contribution < 1.29 is 9.59 Å². The molecule has 1 fully saturated rings. The quantitative estimate of drug-likeness (QED) is 0.806. The molecule has 0 aliphatic carbocycles. The lowest BCUT2D eigenvalue weighted by molar-refractivity contribution is -0.130. The van der Waals surface area contributed by atoms with E-state index in [1.807, 2.05) is 13.8 Å². The van der Waals surface area contributed by atoms with Crippen LogP contribution in [-0.4, -0.2) is 39.3 Å². The van der Waals surface area contributed by atoms with E-state index in [9.17, 15) is 9.59 Å². The molecule has 18 heavy (non-hydrogen) atoms. The standard InChI is InChI=1S/C12H18N4O2/c1-8(2)16-7-9(5-11(16)17)12(18)15-6-10-13-3-4-14-10/h3-4,8-9H,5-7H2,1-2H3,(H,13,14)(H,15,18). The Hall–Kier alpha value is -1.85. The molecule has 0 radical (unpaired) electrons. The highest BCUT2D eigenvalue weighted by Gasteiger charge is 2.35. The highest BCUT2D eigenvalue weighted by Crippen LogP contribution is 2.20. The van der Waals surface area contributed by atoms with Crippen LogP contribution in [0.2, 0.25) is 0 Å². The summed E-state index contributed by atoms with van der Waals surface area (Å²) in [6, 6.07) is 0.153. The van der Waals surface area contributed by atoms with Gasteiger partial charge in [-0.25, -0.2) is 4.98 Å². The van der Waals surface area contributed by atoms with Crippen molar-refractivity contribution >= 4 is 11.8 Å². The minimum atomic E-state index is -0.241. The molecule has 6 heteroatoms. The number of hydrogen-bond acceptors (Lipinski definition) is 3. The summed E-state index contributed by atoms with van der Waals surface area (Å²) >= 11 is 0. The van der Waals surface area contributed by atoms with E-state index in [0.29, 0.717) is 25.3 Å². The van der Waals surface area contributed by atoms with Gasteiger partial charge in [0, 0.05) is 31.4 Å². The molecule has 1 aliphatic heterocycles. The number of carbonyl (C=O) groups is 2. The maximum atomic E-state index is 11.9. The number of imidazole rings is 1. The Kier molecular flexibility index (Phi) is 3.64. The van der Waals surface area contributed by atoms with Gasteiger partial charge in [0.05, 0.1) is 12.5 Å². The van der Waals surface area contributed by atoms with Crippen LogP contribution in [-0.2, 0) is 16.1 Å². The normalized spacial score (nSPS) is 19.6. The molecular weight excluding hydrogens is 232 g/mol. The number of hydrogen-bond donors (Lipinski definition) is 2. The lowest BCUT2D eigenvalue weighted by Crippen LogP contribution is -2.35. The third-order valence-corrected chi connectivity index (χ3v) is 3.14. The Bertz CT molecular complexity index is 427. The van der Waals surface area contributed by atoms with Gasteiger partial charge in [0.1, 0.15) is 5.82 Å². The Morgan fingerprint density at radius 3 is 3.00 bits per heavy atom. The van der Waals surface area contributed by atoms with Gasteiger partial charge in [-0.1, -0.05) is 0 Å². The molecule has 1 aromatic heterocycles. The van der Waals surface area contributed by atoms with Crippen molar-refractivity contribution in [2.75, 3.05) is 6.54 Å². The maximum Gasteiger partial charge on any atom is 0.225 e. The molecule has 2 amide bonds. The van der Waals surface area contributed by atoms with Crippen molar-refractivity contribution in [1.29, 1.82) is 0 Å². The highest BCUT2D eigenvalue weighted by atomic mass is 16.2. The van der Waals surface area contributed by atoms with Crippen molar-refractivity contribution in [2.45, 2.75) is 32.9 Å². The van der Waals surface area contributed by atoms with Gasteiger partial charge in [0.2, 0.25) is 11.8 Å². The van der Waals surface area contributed by atoms with Crippen molar-refractivity contribution in [3.05, 3.63) is 18.2 Å². The molecule has 2 rings (SSSR count). The van der Waals surface area contributed by atoms with Gasteiger partial charge in [-0.15, -0.1) is 0 Å². The number of nitrogens with one attached hydrogen (secondary N) is 2. The number of nitrogens with zero attached hydrogens (tertiary/aromatic N) is 2. The number of aromatic amines is 1. The van der Waals surface area contributed by atoms with E-state index in [1.54, 1.807) is 17.3 Å².